The molecule has 0 radical (unpaired) electrons. The Bertz CT molecular complexity index is 516. The number of hydrogen-bond donors (Lipinski definition) is 2. The maximum absolute atomic E-state index is 12.1. The van der Waals surface area contributed by atoms with Crippen molar-refractivity contribution in [3.63, 3.8) is 0 Å². The molecule has 1 unspecified atom stereocenters. The van der Waals surface area contributed by atoms with Crippen LogP contribution in [-0.4, -0.2) is 29.9 Å². The van der Waals surface area contributed by atoms with Crippen molar-refractivity contribution in [2.24, 2.45) is 5.92 Å². The largest absolute Gasteiger partial charge is 0.334 e. The summed E-state index contributed by atoms with van der Waals surface area (Å²) in [5.74, 6) is 0.478. The molecule has 5 nitrogen and oxygen atoms in total. The molecular weight excluding hydrogens is 266 g/mol. The zero-order valence-electron chi connectivity index (χ0n) is 12.7. The number of anilines is 1. The predicted octanol–water partition coefficient (Wildman–Crippen LogP) is 2.59. The highest BCUT2D eigenvalue weighted by atomic mass is 16.2. The Hall–Kier alpha value is -2.04. The molecule has 1 aromatic carbocycles. The quantitative estimate of drug-likeness (QED) is 0.898. The molecule has 1 heterocycles. The molecule has 21 heavy (non-hydrogen) atoms. The molecule has 3 amide bonds. The minimum absolute atomic E-state index is 0.00789. The minimum Gasteiger partial charge on any atom is -0.334 e. The molecule has 1 saturated heterocycles. The van der Waals surface area contributed by atoms with E-state index in [1.165, 1.54) is 13.3 Å². The molecule has 0 bridgehead atoms. The molecule has 0 saturated carbocycles. The maximum Gasteiger partial charge on any atom is 0.317 e. The molecule has 1 atom stereocenters. The van der Waals surface area contributed by atoms with Crippen LogP contribution in [0.3, 0.4) is 0 Å². The molecule has 0 spiro atoms. The molecule has 5 heteroatoms. The summed E-state index contributed by atoms with van der Waals surface area (Å²) in [7, 11) is 0. The number of nitrogens with one attached hydrogen (secondary N) is 2. The number of hydrogen-bond acceptors (Lipinski definition) is 2. The van der Waals surface area contributed by atoms with Crippen molar-refractivity contribution >= 4 is 17.6 Å². The monoisotopic (exact) mass is 289 g/mol. The number of piperidine rings is 1. The maximum atomic E-state index is 12.1. The molecule has 1 aliphatic rings. The van der Waals surface area contributed by atoms with Gasteiger partial charge in [-0.05, 0) is 36.5 Å². The van der Waals surface area contributed by atoms with E-state index in [2.05, 4.69) is 17.6 Å². The van der Waals surface area contributed by atoms with Gasteiger partial charge in [0.1, 0.15) is 0 Å². The molecular formula is C16H23N3O2. The number of carbonyl (C=O) groups excluding carboxylic acids is 2. The number of nitrogens with zero attached hydrogens (tertiary/aromatic N) is 1. The van der Waals surface area contributed by atoms with Gasteiger partial charge in [0.25, 0.3) is 0 Å². The second-order valence-electron chi connectivity index (χ2n) is 5.73. The Morgan fingerprint density at radius 2 is 2.19 bits per heavy atom. The lowest BCUT2D eigenvalue weighted by molar-refractivity contribution is -0.114. The smallest absolute Gasteiger partial charge is 0.317 e. The van der Waals surface area contributed by atoms with Gasteiger partial charge in [-0.2, -0.15) is 0 Å². The number of carbonyl (C=O) groups is 2. The van der Waals surface area contributed by atoms with Crippen molar-refractivity contribution in [2.45, 2.75) is 33.2 Å². The van der Waals surface area contributed by atoms with Crippen molar-refractivity contribution in [3.05, 3.63) is 29.8 Å². The lowest BCUT2D eigenvalue weighted by atomic mass is 10.0. The summed E-state index contributed by atoms with van der Waals surface area (Å²) in [6.45, 7) is 5.79. The van der Waals surface area contributed by atoms with Crippen LogP contribution >= 0.6 is 0 Å². The van der Waals surface area contributed by atoms with Crippen molar-refractivity contribution < 1.29 is 9.59 Å². The van der Waals surface area contributed by atoms with Gasteiger partial charge in [0, 0.05) is 32.2 Å². The Morgan fingerprint density at radius 1 is 1.38 bits per heavy atom. The molecule has 1 aromatic rings. The van der Waals surface area contributed by atoms with E-state index in [4.69, 9.17) is 0 Å². The highest BCUT2D eigenvalue weighted by Gasteiger charge is 2.20. The van der Waals surface area contributed by atoms with Gasteiger partial charge in [0.15, 0.2) is 0 Å². The minimum atomic E-state index is -0.0986. The van der Waals surface area contributed by atoms with Gasteiger partial charge in [-0.15, -0.1) is 0 Å². The average Bonchev–Trinajstić information content (AvgIpc) is 2.44. The van der Waals surface area contributed by atoms with Crippen LogP contribution in [0.5, 0.6) is 0 Å². The summed E-state index contributed by atoms with van der Waals surface area (Å²) in [5, 5.41) is 5.68. The van der Waals surface area contributed by atoms with Crippen LogP contribution in [0.4, 0.5) is 10.5 Å². The van der Waals surface area contributed by atoms with E-state index in [-0.39, 0.29) is 11.9 Å². The van der Waals surface area contributed by atoms with E-state index in [1.54, 1.807) is 0 Å². The molecule has 1 fully saturated rings. The van der Waals surface area contributed by atoms with Gasteiger partial charge in [-0.1, -0.05) is 19.1 Å². The van der Waals surface area contributed by atoms with Crippen molar-refractivity contribution in [3.8, 4) is 0 Å². The van der Waals surface area contributed by atoms with Crippen LogP contribution in [-0.2, 0) is 11.3 Å². The van der Waals surface area contributed by atoms with Crippen molar-refractivity contribution in [1.29, 1.82) is 0 Å². The fourth-order valence-corrected chi connectivity index (χ4v) is 2.63. The van der Waals surface area contributed by atoms with Gasteiger partial charge < -0.3 is 15.5 Å². The first-order valence-electron chi connectivity index (χ1n) is 7.44. The van der Waals surface area contributed by atoms with E-state index in [9.17, 15) is 9.59 Å². The third kappa shape index (κ3) is 4.77. The normalized spacial score (nSPS) is 18.2. The zero-order chi connectivity index (χ0) is 15.2. The lowest BCUT2D eigenvalue weighted by Gasteiger charge is -2.31. The fraction of sp³-hybridized carbons (Fsp3) is 0.500. The van der Waals surface area contributed by atoms with Crippen LogP contribution in [0, 0.1) is 5.92 Å². The Kier molecular flexibility index (Phi) is 5.20. The molecule has 2 rings (SSSR count). The van der Waals surface area contributed by atoms with Gasteiger partial charge in [0.2, 0.25) is 5.91 Å². The Morgan fingerprint density at radius 3 is 2.90 bits per heavy atom. The fourth-order valence-electron chi connectivity index (χ4n) is 2.63. The van der Waals surface area contributed by atoms with E-state index < -0.39 is 0 Å². The summed E-state index contributed by atoms with van der Waals surface area (Å²) in [4.78, 5) is 25.0. The second kappa shape index (κ2) is 7.11. The summed E-state index contributed by atoms with van der Waals surface area (Å²) < 4.78 is 0. The second-order valence-corrected chi connectivity index (χ2v) is 5.73. The molecule has 114 valence electrons. The highest BCUT2D eigenvalue weighted by Crippen LogP contribution is 2.15. The zero-order valence-corrected chi connectivity index (χ0v) is 12.7. The van der Waals surface area contributed by atoms with Crippen LogP contribution in [0.15, 0.2) is 24.3 Å². The molecule has 0 aliphatic carbocycles. The number of likely N-dealkylation sites (tertiary alicyclic amines) is 1. The topological polar surface area (TPSA) is 61.4 Å². The van der Waals surface area contributed by atoms with Gasteiger partial charge in [-0.3, -0.25) is 4.79 Å². The number of urea groups is 1. The Balaban J connectivity index is 1.87. The van der Waals surface area contributed by atoms with Crippen LogP contribution in [0.25, 0.3) is 0 Å². The standard InChI is InChI=1S/C16H23N3O2/c1-12-5-4-8-19(11-12)16(21)17-10-14-6-3-7-15(9-14)18-13(2)20/h3,6-7,9,12H,4-5,8,10-11H2,1-2H3,(H,17,21)(H,18,20). The van der Waals surface area contributed by atoms with E-state index in [0.29, 0.717) is 12.5 Å². The Labute approximate surface area is 125 Å². The first-order chi connectivity index (χ1) is 10.0. The first-order valence-corrected chi connectivity index (χ1v) is 7.44. The molecule has 2 N–H and O–H groups in total. The van der Waals surface area contributed by atoms with Crippen molar-refractivity contribution in [2.75, 3.05) is 18.4 Å². The third-order valence-electron chi connectivity index (χ3n) is 3.64. The summed E-state index contributed by atoms with van der Waals surface area (Å²) in [6.07, 6.45) is 2.27. The third-order valence-corrected chi connectivity index (χ3v) is 3.64. The van der Waals surface area contributed by atoms with E-state index >= 15 is 0 Å². The van der Waals surface area contributed by atoms with Crippen molar-refractivity contribution in [1.82, 2.24) is 10.2 Å². The summed E-state index contributed by atoms with van der Waals surface area (Å²) in [6, 6.07) is 7.51. The average molecular weight is 289 g/mol. The van der Waals surface area contributed by atoms with Gasteiger partial charge in [0.05, 0.1) is 0 Å². The van der Waals surface area contributed by atoms with E-state index in [0.717, 1.165) is 30.8 Å². The van der Waals surface area contributed by atoms with Crippen LogP contribution in [0.2, 0.25) is 0 Å². The van der Waals surface area contributed by atoms with Gasteiger partial charge >= 0.3 is 6.03 Å². The number of rotatable bonds is 3. The number of benzene rings is 1. The molecule has 0 aromatic heterocycles. The van der Waals surface area contributed by atoms with Crippen LogP contribution in [0.1, 0.15) is 32.3 Å². The predicted molar refractivity (Wildman–Crippen MR) is 83.0 cm³/mol. The molecule has 1 aliphatic heterocycles. The van der Waals surface area contributed by atoms with E-state index in [1.807, 2.05) is 29.2 Å². The van der Waals surface area contributed by atoms with Crippen LogP contribution < -0.4 is 10.6 Å². The lowest BCUT2D eigenvalue weighted by Crippen LogP contribution is -2.44. The first kappa shape index (κ1) is 15.4. The number of amides is 3. The van der Waals surface area contributed by atoms with Gasteiger partial charge in [-0.25, -0.2) is 4.79 Å². The SMILES string of the molecule is CC(=O)Nc1cccc(CNC(=O)N2CCCC(C)C2)c1. The summed E-state index contributed by atoms with van der Waals surface area (Å²) in [5.41, 5.74) is 1.72. The highest BCUT2D eigenvalue weighted by molar-refractivity contribution is 5.88. The summed E-state index contributed by atoms with van der Waals surface area (Å²) >= 11 is 0.